The number of nitro benzene ring substituents is 1. The van der Waals surface area contributed by atoms with E-state index in [4.69, 9.17) is 5.73 Å². The minimum absolute atomic E-state index is 0.0741. The summed E-state index contributed by atoms with van der Waals surface area (Å²) in [6.45, 7) is 0. The van der Waals surface area contributed by atoms with Gasteiger partial charge in [0.2, 0.25) is 0 Å². The van der Waals surface area contributed by atoms with Crippen LogP contribution in [-0.2, 0) is 0 Å². The van der Waals surface area contributed by atoms with Crippen LogP contribution in [0.3, 0.4) is 0 Å². The quantitative estimate of drug-likeness (QED) is 0.511. The summed E-state index contributed by atoms with van der Waals surface area (Å²) in [7, 11) is 0. The van der Waals surface area contributed by atoms with Gasteiger partial charge in [-0.05, 0) is 30.3 Å². The van der Waals surface area contributed by atoms with Gasteiger partial charge in [0, 0.05) is 21.9 Å². The standard InChI is InChI=1S/C13H10BrN3O3/c14-8-2-1-3-10(6-8)16-13(18)11-7-9(15)4-5-12(11)17(19)20/h1-7H,15H2,(H,16,18). The Kier molecular flexibility index (Phi) is 3.99. The largest absolute Gasteiger partial charge is 0.399 e. The Balaban J connectivity index is 2.34. The van der Waals surface area contributed by atoms with Gasteiger partial charge in [0.1, 0.15) is 5.56 Å². The summed E-state index contributed by atoms with van der Waals surface area (Å²) in [5.41, 5.74) is 6.03. The van der Waals surface area contributed by atoms with Gasteiger partial charge in [0.25, 0.3) is 11.6 Å². The van der Waals surface area contributed by atoms with Crippen LogP contribution in [0, 0.1) is 10.1 Å². The number of halogens is 1. The minimum Gasteiger partial charge on any atom is -0.399 e. The molecule has 0 radical (unpaired) electrons. The monoisotopic (exact) mass is 335 g/mol. The van der Waals surface area contributed by atoms with E-state index in [0.29, 0.717) is 5.69 Å². The first-order valence-electron chi connectivity index (χ1n) is 5.58. The Labute approximate surface area is 122 Å². The van der Waals surface area contributed by atoms with Crippen LogP contribution in [0.1, 0.15) is 10.4 Å². The van der Waals surface area contributed by atoms with Crippen molar-refractivity contribution in [3.63, 3.8) is 0 Å². The van der Waals surface area contributed by atoms with Gasteiger partial charge in [-0.1, -0.05) is 22.0 Å². The lowest BCUT2D eigenvalue weighted by atomic mass is 10.1. The third kappa shape index (κ3) is 3.12. The van der Waals surface area contributed by atoms with Gasteiger partial charge in [-0.3, -0.25) is 14.9 Å². The fourth-order valence-electron chi connectivity index (χ4n) is 1.66. The van der Waals surface area contributed by atoms with E-state index in [9.17, 15) is 14.9 Å². The van der Waals surface area contributed by atoms with E-state index in [2.05, 4.69) is 21.2 Å². The number of amides is 1. The number of carbonyl (C=O) groups excluding carboxylic acids is 1. The summed E-state index contributed by atoms with van der Waals surface area (Å²) in [6, 6.07) is 10.8. The van der Waals surface area contributed by atoms with Gasteiger partial charge >= 0.3 is 0 Å². The number of benzene rings is 2. The maximum absolute atomic E-state index is 12.1. The molecule has 0 fully saturated rings. The lowest BCUT2D eigenvalue weighted by Crippen LogP contribution is -2.14. The van der Waals surface area contributed by atoms with Crippen LogP contribution in [0.5, 0.6) is 0 Å². The molecule has 1 amide bonds. The highest BCUT2D eigenvalue weighted by Crippen LogP contribution is 2.23. The number of hydrogen-bond acceptors (Lipinski definition) is 4. The molecule has 0 atom stereocenters. The molecule has 0 aliphatic carbocycles. The van der Waals surface area contributed by atoms with Gasteiger partial charge in [-0.15, -0.1) is 0 Å². The molecule has 0 bridgehead atoms. The predicted molar refractivity (Wildman–Crippen MR) is 79.6 cm³/mol. The molecule has 20 heavy (non-hydrogen) atoms. The average Bonchev–Trinajstić information content (AvgIpc) is 2.38. The molecule has 7 heteroatoms. The van der Waals surface area contributed by atoms with E-state index in [1.807, 2.05) is 0 Å². The molecule has 0 saturated heterocycles. The second-order valence-electron chi connectivity index (χ2n) is 4.00. The Morgan fingerprint density at radius 2 is 2.00 bits per heavy atom. The molecule has 0 aliphatic heterocycles. The van der Waals surface area contributed by atoms with Crippen molar-refractivity contribution in [1.29, 1.82) is 0 Å². The molecule has 0 spiro atoms. The Bertz CT molecular complexity index is 688. The van der Waals surface area contributed by atoms with E-state index in [-0.39, 0.29) is 16.9 Å². The Morgan fingerprint density at radius 3 is 2.65 bits per heavy atom. The van der Waals surface area contributed by atoms with E-state index < -0.39 is 10.8 Å². The van der Waals surface area contributed by atoms with E-state index >= 15 is 0 Å². The number of nitrogen functional groups attached to an aromatic ring is 1. The maximum Gasteiger partial charge on any atom is 0.282 e. The normalized spacial score (nSPS) is 10.1. The Hall–Kier alpha value is -2.41. The van der Waals surface area contributed by atoms with Crippen LogP contribution in [-0.4, -0.2) is 10.8 Å². The predicted octanol–water partition coefficient (Wildman–Crippen LogP) is 3.19. The molecule has 2 aromatic rings. The van der Waals surface area contributed by atoms with Crippen LogP contribution in [0.25, 0.3) is 0 Å². The zero-order chi connectivity index (χ0) is 14.7. The second-order valence-corrected chi connectivity index (χ2v) is 4.91. The van der Waals surface area contributed by atoms with Gasteiger partial charge < -0.3 is 11.1 Å². The van der Waals surface area contributed by atoms with E-state index in [1.54, 1.807) is 24.3 Å². The maximum atomic E-state index is 12.1. The topological polar surface area (TPSA) is 98.3 Å². The third-order valence-corrected chi connectivity index (χ3v) is 3.04. The van der Waals surface area contributed by atoms with Gasteiger partial charge in [0.05, 0.1) is 4.92 Å². The highest BCUT2D eigenvalue weighted by Gasteiger charge is 2.20. The molecular formula is C13H10BrN3O3. The van der Waals surface area contributed by atoms with Crippen molar-refractivity contribution in [3.05, 3.63) is 62.6 Å². The molecule has 2 aromatic carbocycles. The minimum atomic E-state index is -0.616. The zero-order valence-corrected chi connectivity index (χ0v) is 11.8. The molecule has 3 N–H and O–H groups in total. The average molecular weight is 336 g/mol. The molecular weight excluding hydrogens is 326 g/mol. The number of nitro groups is 1. The molecule has 0 heterocycles. The van der Waals surface area contributed by atoms with Crippen LogP contribution in [0.2, 0.25) is 0 Å². The van der Waals surface area contributed by atoms with E-state index in [0.717, 1.165) is 4.47 Å². The smallest absolute Gasteiger partial charge is 0.282 e. The summed E-state index contributed by atoms with van der Waals surface area (Å²) in [5.74, 6) is -0.581. The molecule has 2 rings (SSSR count). The van der Waals surface area contributed by atoms with E-state index in [1.165, 1.54) is 18.2 Å². The second kappa shape index (κ2) is 5.70. The third-order valence-electron chi connectivity index (χ3n) is 2.54. The van der Waals surface area contributed by atoms with Crippen molar-refractivity contribution in [2.45, 2.75) is 0 Å². The molecule has 6 nitrogen and oxygen atoms in total. The van der Waals surface area contributed by atoms with Crippen LogP contribution in [0.4, 0.5) is 17.1 Å². The summed E-state index contributed by atoms with van der Waals surface area (Å²) in [6.07, 6.45) is 0. The van der Waals surface area contributed by atoms with Crippen LogP contribution < -0.4 is 11.1 Å². The number of nitrogens with one attached hydrogen (secondary N) is 1. The zero-order valence-electron chi connectivity index (χ0n) is 10.2. The number of nitrogens with two attached hydrogens (primary N) is 1. The summed E-state index contributed by atoms with van der Waals surface area (Å²) >= 11 is 3.28. The first-order chi connectivity index (χ1) is 9.47. The first kappa shape index (κ1) is 14.0. The molecule has 0 aromatic heterocycles. The number of rotatable bonds is 3. The lowest BCUT2D eigenvalue weighted by Gasteiger charge is -2.07. The molecule has 102 valence electrons. The highest BCUT2D eigenvalue weighted by molar-refractivity contribution is 9.10. The van der Waals surface area contributed by atoms with Crippen molar-refractivity contribution >= 4 is 38.9 Å². The fraction of sp³-hybridized carbons (Fsp3) is 0. The summed E-state index contributed by atoms with van der Waals surface area (Å²) in [4.78, 5) is 22.4. The van der Waals surface area contributed by atoms with Crippen molar-refractivity contribution in [1.82, 2.24) is 0 Å². The number of hydrogen-bond donors (Lipinski definition) is 2. The SMILES string of the molecule is Nc1ccc([N+](=O)[O-])c(C(=O)Nc2cccc(Br)c2)c1. The lowest BCUT2D eigenvalue weighted by molar-refractivity contribution is -0.385. The van der Waals surface area contributed by atoms with Crippen molar-refractivity contribution in [2.24, 2.45) is 0 Å². The van der Waals surface area contributed by atoms with Crippen molar-refractivity contribution < 1.29 is 9.72 Å². The summed E-state index contributed by atoms with van der Waals surface area (Å²) in [5, 5.41) is 13.5. The molecule has 0 unspecified atom stereocenters. The number of nitrogens with zero attached hydrogens (tertiary/aromatic N) is 1. The summed E-state index contributed by atoms with van der Waals surface area (Å²) < 4.78 is 0.789. The first-order valence-corrected chi connectivity index (χ1v) is 6.37. The number of anilines is 2. The molecule has 0 saturated carbocycles. The molecule has 0 aliphatic rings. The van der Waals surface area contributed by atoms with Crippen molar-refractivity contribution in [3.8, 4) is 0 Å². The van der Waals surface area contributed by atoms with Gasteiger partial charge in [-0.2, -0.15) is 0 Å². The fourth-order valence-corrected chi connectivity index (χ4v) is 2.06. The van der Waals surface area contributed by atoms with Gasteiger partial charge in [0.15, 0.2) is 0 Å². The van der Waals surface area contributed by atoms with Gasteiger partial charge in [-0.25, -0.2) is 0 Å². The Morgan fingerprint density at radius 1 is 1.25 bits per heavy atom. The van der Waals surface area contributed by atoms with Crippen LogP contribution in [0.15, 0.2) is 46.9 Å². The highest BCUT2D eigenvalue weighted by atomic mass is 79.9. The van der Waals surface area contributed by atoms with Crippen LogP contribution >= 0.6 is 15.9 Å². The number of carbonyl (C=O) groups is 1. The van der Waals surface area contributed by atoms with Crippen molar-refractivity contribution in [2.75, 3.05) is 11.1 Å².